The average Bonchev–Trinajstić information content (AvgIpc) is 3.17. The van der Waals surface area contributed by atoms with Crippen molar-refractivity contribution in [2.45, 2.75) is 19.3 Å². The maximum Gasteiger partial charge on any atom is 0.394 e. The zero-order valence-electron chi connectivity index (χ0n) is 14.1. The number of aromatic nitrogens is 3. The van der Waals surface area contributed by atoms with Crippen LogP contribution in [0.2, 0.25) is 0 Å². The molecule has 3 N–H and O–H groups in total. The monoisotopic (exact) mass is 377 g/mol. The highest BCUT2D eigenvalue weighted by Crippen LogP contribution is 2.29. The molecule has 26 heavy (non-hydrogen) atoms. The number of hydrogen-bond acceptors (Lipinski definition) is 4. The second-order valence-corrected chi connectivity index (χ2v) is 7.15. The van der Waals surface area contributed by atoms with Gasteiger partial charge in [-0.1, -0.05) is 18.2 Å². The Labute approximate surface area is 150 Å². The van der Waals surface area contributed by atoms with Crippen molar-refractivity contribution in [2.75, 3.05) is 0 Å². The Kier molecular flexibility index (Phi) is 4.94. The Morgan fingerprint density at radius 2 is 2.00 bits per heavy atom. The van der Waals surface area contributed by atoms with Gasteiger partial charge in [0.25, 0.3) is 0 Å². The number of Topliss-reactive ketones (excluding diaryl/α,β-unsaturated/α-hetero) is 1. The van der Waals surface area contributed by atoms with Crippen molar-refractivity contribution in [3.63, 3.8) is 0 Å². The first-order valence-electron chi connectivity index (χ1n) is 8.03. The van der Waals surface area contributed by atoms with E-state index in [0.717, 1.165) is 47.1 Å². The van der Waals surface area contributed by atoms with Crippen molar-refractivity contribution in [2.24, 2.45) is 13.0 Å². The first-order chi connectivity index (χ1) is 12.2. The molecule has 2 heterocycles. The van der Waals surface area contributed by atoms with E-state index >= 15 is 0 Å². The van der Waals surface area contributed by atoms with Gasteiger partial charge in [0.15, 0.2) is 5.78 Å². The Morgan fingerprint density at radius 1 is 1.31 bits per heavy atom. The number of fused-ring (bicyclic) bond motifs is 2. The van der Waals surface area contributed by atoms with Gasteiger partial charge in [-0.2, -0.15) is 8.42 Å². The number of carbonyl (C=O) groups is 1. The quantitative estimate of drug-likeness (QED) is 0.464. The van der Waals surface area contributed by atoms with E-state index < -0.39 is 10.4 Å². The molecule has 0 unspecified atom stereocenters. The van der Waals surface area contributed by atoms with Crippen LogP contribution >= 0.6 is 0 Å². The summed E-state index contributed by atoms with van der Waals surface area (Å²) in [5.74, 6) is 0.316. The summed E-state index contributed by atoms with van der Waals surface area (Å²) in [7, 11) is -2.67. The van der Waals surface area contributed by atoms with E-state index in [4.69, 9.17) is 17.5 Å². The van der Waals surface area contributed by atoms with Gasteiger partial charge in [-0.05, 0) is 25.3 Å². The summed E-state index contributed by atoms with van der Waals surface area (Å²) >= 11 is 0. The molecule has 0 fully saturated rings. The highest BCUT2D eigenvalue weighted by Gasteiger charge is 2.28. The second-order valence-electron chi connectivity index (χ2n) is 6.25. The van der Waals surface area contributed by atoms with Crippen LogP contribution in [0.5, 0.6) is 0 Å². The lowest BCUT2D eigenvalue weighted by Gasteiger charge is -2.19. The minimum atomic E-state index is -4.67. The summed E-state index contributed by atoms with van der Waals surface area (Å²) in [4.78, 5) is 20.4. The summed E-state index contributed by atoms with van der Waals surface area (Å²) in [6, 6.07) is 8.09. The topological polar surface area (TPSA) is 125 Å². The number of nitrogens with one attached hydrogen (secondary N) is 1. The van der Waals surface area contributed by atoms with Gasteiger partial charge in [0, 0.05) is 41.3 Å². The van der Waals surface area contributed by atoms with E-state index in [1.54, 1.807) is 6.33 Å². The van der Waals surface area contributed by atoms with Gasteiger partial charge in [-0.3, -0.25) is 13.9 Å². The van der Waals surface area contributed by atoms with Gasteiger partial charge < -0.3 is 9.55 Å². The molecule has 0 saturated heterocycles. The number of carbonyl (C=O) groups excluding carboxylic acids is 1. The molecule has 4 rings (SSSR count). The third-order valence-electron chi connectivity index (χ3n) is 4.52. The molecular weight excluding hydrogens is 358 g/mol. The smallest absolute Gasteiger partial charge is 0.350 e. The molecule has 0 amide bonds. The molecule has 8 nitrogen and oxygen atoms in total. The van der Waals surface area contributed by atoms with Crippen molar-refractivity contribution in [1.29, 1.82) is 0 Å². The first-order valence-corrected chi connectivity index (χ1v) is 9.43. The van der Waals surface area contributed by atoms with E-state index in [1.807, 2.05) is 36.0 Å². The lowest BCUT2D eigenvalue weighted by Crippen LogP contribution is -2.22. The molecular formula is C17H19N3O5S. The molecule has 9 heteroatoms. The Hall–Kier alpha value is -2.49. The fourth-order valence-electron chi connectivity index (χ4n) is 3.38. The lowest BCUT2D eigenvalue weighted by atomic mass is 9.84. The van der Waals surface area contributed by atoms with Gasteiger partial charge >= 0.3 is 10.4 Å². The van der Waals surface area contributed by atoms with Crippen LogP contribution in [-0.2, 0) is 30.3 Å². The number of aromatic amines is 1. The Balaban J connectivity index is 0.000000349. The Morgan fingerprint density at radius 3 is 2.73 bits per heavy atom. The molecule has 0 aliphatic heterocycles. The van der Waals surface area contributed by atoms with Crippen LogP contribution in [-0.4, -0.2) is 37.8 Å². The van der Waals surface area contributed by atoms with Gasteiger partial charge in [0.1, 0.15) is 0 Å². The van der Waals surface area contributed by atoms with Gasteiger partial charge in [-0.15, -0.1) is 0 Å². The number of para-hydroxylation sites is 1. The summed E-state index contributed by atoms with van der Waals surface area (Å²) in [5, 5.41) is 1.06. The Bertz CT molecular complexity index is 1040. The van der Waals surface area contributed by atoms with E-state index in [2.05, 4.69) is 16.0 Å². The molecule has 0 spiro atoms. The number of aryl methyl sites for hydroxylation is 2. The minimum Gasteiger partial charge on any atom is -0.350 e. The third kappa shape index (κ3) is 4.01. The van der Waals surface area contributed by atoms with Gasteiger partial charge in [0.05, 0.1) is 12.0 Å². The number of nitrogens with zero attached hydrogens (tertiary/aromatic N) is 2. The average molecular weight is 377 g/mol. The molecule has 3 aromatic rings. The summed E-state index contributed by atoms with van der Waals surface area (Å²) in [5.41, 5.74) is 4.21. The number of imidazole rings is 1. The molecule has 0 saturated carbocycles. The zero-order chi connectivity index (χ0) is 18.9. The summed E-state index contributed by atoms with van der Waals surface area (Å²) < 4.78 is 33.6. The fourth-order valence-corrected chi connectivity index (χ4v) is 3.38. The highest BCUT2D eigenvalue weighted by atomic mass is 32.3. The summed E-state index contributed by atoms with van der Waals surface area (Å²) in [6.07, 6.45) is 6.25. The van der Waals surface area contributed by atoms with Crippen molar-refractivity contribution < 1.29 is 22.3 Å². The number of benzene rings is 1. The molecule has 1 aromatic carbocycles. The maximum atomic E-state index is 12.9. The van der Waals surface area contributed by atoms with Crippen LogP contribution in [0.1, 0.15) is 28.2 Å². The van der Waals surface area contributed by atoms with Crippen LogP contribution < -0.4 is 0 Å². The largest absolute Gasteiger partial charge is 0.394 e. The third-order valence-corrected chi connectivity index (χ3v) is 4.52. The number of ketones is 1. The SMILES string of the molecule is Cn1cc(C(=O)[C@@H]2CCc3nc[nH]c3C2)c2ccccc21.O=S(=O)(O)O. The highest BCUT2D eigenvalue weighted by molar-refractivity contribution is 7.79. The molecule has 1 atom stereocenters. The lowest BCUT2D eigenvalue weighted by molar-refractivity contribution is 0.0909. The summed E-state index contributed by atoms with van der Waals surface area (Å²) in [6.45, 7) is 0. The van der Waals surface area contributed by atoms with E-state index in [0.29, 0.717) is 0 Å². The molecule has 0 bridgehead atoms. The normalized spacial score (nSPS) is 16.7. The van der Waals surface area contributed by atoms with Crippen molar-refractivity contribution in [3.8, 4) is 0 Å². The number of rotatable bonds is 2. The van der Waals surface area contributed by atoms with Crippen molar-refractivity contribution >= 4 is 27.1 Å². The fraction of sp³-hybridized carbons (Fsp3) is 0.294. The van der Waals surface area contributed by atoms with Crippen LogP contribution in [0.15, 0.2) is 36.8 Å². The molecule has 1 aliphatic carbocycles. The van der Waals surface area contributed by atoms with Gasteiger partial charge in [0.2, 0.25) is 0 Å². The van der Waals surface area contributed by atoms with E-state index in [-0.39, 0.29) is 11.7 Å². The van der Waals surface area contributed by atoms with Crippen molar-refractivity contribution in [1.82, 2.24) is 14.5 Å². The standard InChI is InChI=1S/C17H17N3O.H2O4S/c1-20-9-13(12-4-2-3-5-16(12)20)17(21)11-6-7-14-15(8-11)19-10-18-14;1-5(2,3)4/h2-5,9-11H,6-8H2,1H3,(H,18,19);(H2,1,2,3,4)/t11-;/m1./s1. The van der Waals surface area contributed by atoms with Gasteiger partial charge in [-0.25, -0.2) is 4.98 Å². The first kappa shape index (κ1) is 18.3. The van der Waals surface area contributed by atoms with Crippen LogP contribution in [0.3, 0.4) is 0 Å². The van der Waals surface area contributed by atoms with Crippen LogP contribution in [0.4, 0.5) is 0 Å². The second kappa shape index (κ2) is 7.02. The zero-order valence-corrected chi connectivity index (χ0v) is 14.9. The van der Waals surface area contributed by atoms with E-state index in [9.17, 15) is 4.79 Å². The molecule has 2 aromatic heterocycles. The number of H-pyrrole nitrogens is 1. The predicted octanol–water partition coefficient (Wildman–Crippen LogP) is 2.24. The van der Waals surface area contributed by atoms with Crippen LogP contribution in [0, 0.1) is 5.92 Å². The molecule has 1 aliphatic rings. The van der Waals surface area contributed by atoms with Crippen LogP contribution in [0.25, 0.3) is 10.9 Å². The van der Waals surface area contributed by atoms with E-state index in [1.165, 1.54) is 0 Å². The maximum absolute atomic E-state index is 12.9. The predicted molar refractivity (Wildman–Crippen MR) is 95.5 cm³/mol. The molecule has 138 valence electrons. The van der Waals surface area contributed by atoms with Crippen molar-refractivity contribution in [3.05, 3.63) is 53.7 Å². The molecule has 0 radical (unpaired) electrons. The number of hydrogen-bond donors (Lipinski definition) is 3. The minimum absolute atomic E-state index is 0.0590.